The molecule has 0 atom stereocenters. The molecule has 1 saturated heterocycles. The molecule has 0 spiro atoms. The Morgan fingerprint density at radius 2 is 1.80 bits per heavy atom. The molecule has 1 aromatic heterocycles. The first-order valence-corrected chi connectivity index (χ1v) is 11.5. The summed E-state index contributed by atoms with van der Waals surface area (Å²) < 4.78 is 7.54. The van der Waals surface area contributed by atoms with E-state index in [1.807, 2.05) is 46.8 Å². The fraction of sp³-hybridized carbons (Fsp3) is 0.333. The number of hydrogen-bond donors (Lipinski definition) is 1. The molecular weight excluding hydrogens is 394 g/mol. The van der Waals surface area contributed by atoms with Crippen molar-refractivity contribution >= 4 is 23.5 Å². The van der Waals surface area contributed by atoms with Gasteiger partial charge in [-0.15, -0.1) is 0 Å². The van der Waals surface area contributed by atoms with Gasteiger partial charge in [0.2, 0.25) is 5.91 Å². The average Bonchev–Trinajstić information content (AvgIpc) is 3.38. The van der Waals surface area contributed by atoms with Gasteiger partial charge in [0.25, 0.3) is 0 Å². The Balaban J connectivity index is 1.57. The molecule has 6 heteroatoms. The fourth-order valence-electron chi connectivity index (χ4n) is 4.47. The highest BCUT2D eigenvalue weighted by molar-refractivity contribution is 7.98. The van der Waals surface area contributed by atoms with E-state index in [0.29, 0.717) is 26.1 Å². The standard InChI is InChI=1S/C24H25N3O2S/c1-17-7-5-6-10-21(17)27-22(19-15-30-16-20(19)26-27)25-23(28)24(11-13-29-14-12-24)18-8-3-2-4-9-18/h2-10H,11-16H2,1H3,(H,25,28). The molecule has 0 radical (unpaired) electrons. The van der Waals surface area contributed by atoms with E-state index in [-0.39, 0.29) is 5.91 Å². The lowest BCUT2D eigenvalue weighted by Crippen LogP contribution is -2.45. The van der Waals surface area contributed by atoms with Crippen LogP contribution < -0.4 is 5.32 Å². The smallest absolute Gasteiger partial charge is 0.236 e. The number of hydrogen-bond acceptors (Lipinski definition) is 4. The predicted octanol–water partition coefficient (Wildman–Crippen LogP) is 4.61. The van der Waals surface area contributed by atoms with Gasteiger partial charge in [0.1, 0.15) is 5.82 Å². The number of ether oxygens (including phenoxy) is 1. The van der Waals surface area contributed by atoms with Gasteiger partial charge in [0.15, 0.2) is 0 Å². The molecule has 2 aliphatic rings. The Morgan fingerprint density at radius 3 is 2.57 bits per heavy atom. The van der Waals surface area contributed by atoms with E-state index >= 15 is 0 Å². The number of benzene rings is 2. The molecule has 1 amide bonds. The van der Waals surface area contributed by atoms with Crippen molar-refractivity contribution < 1.29 is 9.53 Å². The summed E-state index contributed by atoms with van der Waals surface area (Å²) in [5.41, 5.74) is 4.82. The topological polar surface area (TPSA) is 56.2 Å². The molecule has 5 nitrogen and oxygen atoms in total. The Bertz CT molecular complexity index is 1070. The molecule has 2 aromatic carbocycles. The summed E-state index contributed by atoms with van der Waals surface area (Å²) in [5, 5.41) is 8.19. The first-order chi connectivity index (χ1) is 14.7. The van der Waals surface area contributed by atoms with Gasteiger partial charge in [0.05, 0.1) is 16.8 Å². The second kappa shape index (κ2) is 7.93. The third-order valence-corrected chi connectivity index (χ3v) is 7.21. The lowest BCUT2D eigenvalue weighted by molar-refractivity contribution is -0.125. The van der Waals surface area contributed by atoms with Crippen LogP contribution in [0.25, 0.3) is 5.69 Å². The first-order valence-electron chi connectivity index (χ1n) is 10.4. The van der Waals surface area contributed by atoms with Gasteiger partial charge in [-0.05, 0) is 37.0 Å². The minimum absolute atomic E-state index is 0.0337. The van der Waals surface area contributed by atoms with E-state index in [4.69, 9.17) is 9.84 Å². The maximum absolute atomic E-state index is 13.8. The van der Waals surface area contributed by atoms with Crippen molar-refractivity contribution in [2.75, 3.05) is 18.5 Å². The van der Waals surface area contributed by atoms with Crippen LogP contribution in [0.1, 0.15) is 35.2 Å². The zero-order valence-corrected chi connectivity index (χ0v) is 17.9. The van der Waals surface area contributed by atoms with Gasteiger partial charge in [-0.25, -0.2) is 4.68 Å². The number of aryl methyl sites for hydroxylation is 1. The molecule has 1 fully saturated rings. The summed E-state index contributed by atoms with van der Waals surface area (Å²) >= 11 is 1.84. The summed E-state index contributed by atoms with van der Waals surface area (Å²) in [7, 11) is 0. The second-order valence-corrected chi connectivity index (χ2v) is 8.97. The normalized spacial score (nSPS) is 17.5. The number of anilines is 1. The van der Waals surface area contributed by atoms with E-state index in [9.17, 15) is 4.79 Å². The summed E-state index contributed by atoms with van der Waals surface area (Å²) in [6.45, 7) is 3.26. The summed E-state index contributed by atoms with van der Waals surface area (Å²) in [4.78, 5) is 13.8. The Labute approximate surface area is 180 Å². The Hall–Kier alpha value is -2.57. The molecule has 2 aliphatic heterocycles. The quantitative estimate of drug-likeness (QED) is 0.671. The highest BCUT2D eigenvalue weighted by Gasteiger charge is 2.42. The van der Waals surface area contributed by atoms with E-state index in [1.54, 1.807) is 0 Å². The van der Waals surface area contributed by atoms with Crippen LogP contribution in [0.4, 0.5) is 5.82 Å². The maximum atomic E-state index is 13.8. The average molecular weight is 420 g/mol. The van der Waals surface area contributed by atoms with Crippen molar-refractivity contribution in [1.82, 2.24) is 9.78 Å². The molecule has 5 rings (SSSR count). The van der Waals surface area contributed by atoms with Crippen molar-refractivity contribution in [3.63, 3.8) is 0 Å². The Kier molecular flexibility index (Phi) is 5.13. The van der Waals surface area contributed by atoms with Gasteiger partial charge in [0, 0.05) is 30.3 Å². The van der Waals surface area contributed by atoms with Crippen molar-refractivity contribution in [2.45, 2.75) is 36.7 Å². The van der Waals surface area contributed by atoms with Crippen molar-refractivity contribution in [1.29, 1.82) is 0 Å². The van der Waals surface area contributed by atoms with E-state index < -0.39 is 5.41 Å². The zero-order chi connectivity index (χ0) is 20.6. The molecule has 0 saturated carbocycles. The maximum Gasteiger partial charge on any atom is 0.236 e. The molecule has 3 aromatic rings. The molecule has 0 unspecified atom stereocenters. The van der Waals surface area contributed by atoms with Crippen LogP contribution in [0, 0.1) is 6.92 Å². The minimum atomic E-state index is -0.584. The SMILES string of the molecule is Cc1ccccc1-n1nc2c(c1NC(=O)C1(c3ccccc3)CCOCC1)CSC2. The highest BCUT2D eigenvalue weighted by Crippen LogP contribution is 2.40. The van der Waals surface area contributed by atoms with Crippen LogP contribution in [0.3, 0.4) is 0 Å². The lowest BCUT2D eigenvalue weighted by Gasteiger charge is -2.36. The number of nitrogens with one attached hydrogen (secondary N) is 1. The molecule has 154 valence electrons. The van der Waals surface area contributed by atoms with Crippen molar-refractivity contribution in [2.24, 2.45) is 0 Å². The van der Waals surface area contributed by atoms with Crippen LogP contribution in [-0.2, 0) is 26.5 Å². The number of carbonyl (C=O) groups excluding carboxylic acids is 1. The number of nitrogens with zero attached hydrogens (tertiary/aromatic N) is 2. The number of rotatable bonds is 4. The second-order valence-electron chi connectivity index (χ2n) is 7.98. The van der Waals surface area contributed by atoms with E-state index in [0.717, 1.165) is 45.4 Å². The van der Waals surface area contributed by atoms with Crippen LogP contribution in [0.2, 0.25) is 0 Å². The van der Waals surface area contributed by atoms with Crippen LogP contribution in [0.15, 0.2) is 54.6 Å². The number of fused-ring (bicyclic) bond motifs is 1. The van der Waals surface area contributed by atoms with Gasteiger partial charge < -0.3 is 10.1 Å². The third-order valence-electron chi connectivity index (χ3n) is 6.23. The molecule has 1 N–H and O–H groups in total. The number of aromatic nitrogens is 2. The molecule has 3 heterocycles. The lowest BCUT2D eigenvalue weighted by atomic mass is 9.73. The van der Waals surface area contributed by atoms with E-state index in [2.05, 4.69) is 36.5 Å². The van der Waals surface area contributed by atoms with Crippen molar-refractivity contribution in [3.05, 3.63) is 77.0 Å². The predicted molar refractivity (Wildman–Crippen MR) is 120 cm³/mol. The van der Waals surface area contributed by atoms with Gasteiger partial charge in [-0.1, -0.05) is 48.5 Å². The Morgan fingerprint density at radius 1 is 1.07 bits per heavy atom. The fourth-order valence-corrected chi connectivity index (χ4v) is 5.50. The highest BCUT2D eigenvalue weighted by atomic mass is 32.2. The van der Waals surface area contributed by atoms with Gasteiger partial charge in [-0.3, -0.25) is 4.79 Å². The summed E-state index contributed by atoms with van der Waals surface area (Å²) in [6, 6.07) is 18.3. The molecular formula is C24H25N3O2S. The third kappa shape index (κ3) is 3.24. The van der Waals surface area contributed by atoms with Crippen molar-refractivity contribution in [3.8, 4) is 5.69 Å². The zero-order valence-electron chi connectivity index (χ0n) is 17.1. The number of carbonyl (C=O) groups is 1. The number of amides is 1. The summed E-state index contributed by atoms with van der Waals surface area (Å²) in [5.74, 6) is 2.61. The number of para-hydroxylation sites is 1. The minimum Gasteiger partial charge on any atom is -0.381 e. The molecule has 0 aliphatic carbocycles. The van der Waals surface area contributed by atoms with Crippen LogP contribution in [0.5, 0.6) is 0 Å². The largest absolute Gasteiger partial charge is 0.381 e. The summed E-state index contributed by atoms with van der Waals surface area (Å²) in [6.07, 6.45) is 1.36. The van der Waals surface area contributed by atoms with Crippen LogP contribution >= 0.6 is 11.8 Å². The monoisotopic (exact) mass is 419 g/mol. The van der Waals surface area contributed by atoms with Gasteiger partial charge >= 0.3 is 0 Å². The van der Waals surface area contributed by atoms with E-state index in [1.165, 1.54) is 0 Å². The van der Waals surface area contributed by atoms with Gasteiger partial charge in [-0.2, -0.15) is 16.9 Å². The molecule has 0 bridgehead atoms. The molecule has 30 heavy (non-hydrogen) atoms. The number of thioether (sulfide) groups is 1. The van der Waals surface area contributed by atoms with Crippen LogP contribution in [-0.4, -0.2) is 28.9 Å². The first kappa shape index (κ1) is 19.4.